The van der Waals surface area contributed by atoms with Gasteiger partial charge >= 0.3 is 6.03 Å². The second-order valence-corrected chi connectivity index (χ2v) is 6.11. The lowest BCUT2D eigenvalue weighted by molar-refractivity contribution is -0.122. The van der Waals surface area contributed by atoms with Gasteiger partial charge in [-0.25, -0.2) is 4.79 Å². The number of hydrogen-bond acceptors (Lipinski definition) is 4. The molecular weight excluding hydrogens is 256 g/mol. The van der Waals surface area contributed by atoms with Crippen molar-refractivity contribution in [1.29, 1.82) is 0 Å². The number of carbonyl (C=O) groups is 2. The van der Waals surface area contributed by atoms with Gasteiger partial charge in [0.2, 0.25) is 5.91 Å². The lowest BCUT2D eigenvalue weighted by Crippen LogP contribution is -2.51. The first-order chi connectivity index (χ1) is 9.54. The van der Waals surface area contributed by atoms with Gasteiger partial charge in [-0.2, -0.15) is 0 Å². The van der Waals surface area contributed by atoms with Crippen LogP contribution in [0.1, 0.15) is 45.4 Å². The van der Waals surface area contributed by atoms with E-state index in [1.54, 1.807) is 0 Å². The zero-order valence-corrected chi connectivity index (χ0v) is 12.2. The largest absolute Gasteiger partial charge is 0.335 e. The predicted molar refractivity (Wildman–Crippen MR) is 77.2 cm³/mol. The van der Waals surface area contributed by atoms with Crippen LogP contribution in [-0.2, 0) is 4.79 Å². The molecule has 1 saturated heterocycles. The molecule has 114 valence electrons. The summed E-state index contributed by atoms with van der Waals surface area (Å²) < 4.78 is 0. The molecule has 2 fully saturated rings. The summed E-state index contributed by atoms with van der Waals surface area (Å²) >= 11 is 0. The maximum atomic E-state index is 11.9. The van der Waals surface area contributed by atoms with Crippen molar-refractivity contribution < 1.29 is 9.59 Å². The fourth-order valence-corrected chi connectivity index (χ4v) is 3.13. The first kappa shape index (κ1) is 15.3. The topological polar surface area (TPSA) is 87.5 Å². The Hall–Kier alpha value is -1.14. The normalized spacial score (nSPS) is 28.3. The maximum absolute atomic E-state index is 11.9. The van der Waals surface area contributed by atoms with E-state index in [0.29, 0.717) is 6.04 Å². The van der Waals surface area contributed by atoms with Crippen LogP contribution in [0.3, 0.4) is 0 Å². The average molecular weight is 282 g/mol. The minimum atomic E-state index is -0.358. The van der Waals surface area contributed by atoms with Gasteiger partial charge < -0.3 is 11.1 Å². The first-order valence-corrected chi connectivity index (χ1v) is 7.64. The third-order valence-electron chi connectivity index (χ3n) is 4.34. The summed E-state index contributed by atoms with van der Waals surface area (Å²) in [5.74, 6) is -0.234. The zero-order chi connectivity index (χ0) is 14.5. The van der Waals surface area contributed by atoms with Crippen LogP contribution in [0.15, 0.2) is 0 Å². The Balaban J connectivity index is 1.70. The predicted octanol–water partition coefficient (Wildman–Crippen LogP) is 0.566. The molecule has 2 aliphatic rings. The lowest BCUT2D eigenvalue weighted by atomic mass is 9.99. The second kappa shape index (κ2) is 7.04. The van der Waals surface area contributed by atoms with E-state index < -0.39 is 0 Å². The molecule has 0 bridgehead atoms. The van der Waals surface area contributed by atoms with E-state index >= 15 is 0 Å². The SMILES string of the molecule is CC1CC(N)CCN1CC(=O)NC(=O)NC1CCCC1. The molecule has 1 aliphatic heterocycles. The summed E-state index contributed by atoms with van der Waals surface area (Å²) in [6.07, 6.45) is 6.16. The van der Waals surface area contributed by atoms with Crippen molar-refractivity contribution in [3.8, 4) is 0 Å². The Kier molecular flexibility index (Phi) is 5.37. The fraction of sp³-hybridized carbons (Fsp3) is 0.857. The van der Waals surface area contributed by atoms with Crippen LogP contribution >= 0.6 is 0 Å². The zero-order valence-electron chi connectivity index (χ0n) is 12.2. The van der Waals surface area contributed by atoms with Crippen molar-refractivity contribution in [3.05, 3.63) is 0 Å². The third kappa shape index (κ3) is 4.45. The summed E-state index contributed by atoms with van der Waals surface area (Å²) in [6.45, 7) is 3.16. The number of likely N-dealkylation sites (tertiary alicyclic amines) is 1. The number of nitrogens with two attached hydrogens (primary N) is 1. The molecule has 1 aliphatic carbocycles. The number of carbonyl (C=O) groups excluding carboxylic acids is 2. The van der Waals surface area contributed by atoms with Crippen LogP contribution in [0.4, 0.5) is 4.79 Å². The Labute approximate surface area is 120 Å². The molecule has 0 aromatic heterocycles. The van der Waals surface area contributed by atoms with Crippen molar-refractivity contribution in [3.63, 3.8) is 0 Å². The molecule has 0 aromatic rings. The highest BCUT2D eigenvalue weighted by Crippen LogP contribution is 2.17. The summed E-state index contributed by atoms with van der Waals surface area (Å²) in [4.78, 5) is 25.7. The number of rotatable bonds is 3. The number of amides is 3. The molecule has 1 heterocycles. The summed E-state index contributed by atoms with van der Waals surface area (Å²) in [5, 5.41) is 5.28. The van der Waals surface area contributed by atoms with Crippen molar-refractivity contribution in [2.45, 2.75) is 63.6 Å². The molecule has 20 heavy (non-hydrogen) atoms. The Morgan fingerprint density at radius 1 is 1.25 bits per heavy atom. The molecule has 4 N–H and O–H groups in total. The first-order valence-electron chi connectivity index (χ1n) is 7.64. The Morgan fingerprint density at radius 2 is 1.95 bits per heavy atom. The molecular formula is C14H26N4O2. The summed E-state index contributed by atoms with van der Waals surface area (Å²) in [6, 6.07) is 0.398. The number of nitrogens with zero attached hydrogens (tertiary/aromatic N) is 1. The van der Waals surface area contributed by atoms with Crippen LogP contribution in [0.5, 0.6) is 0 Å². The van der Waals surface area contributed by atoms with Gasteiger partial charge in [-0.3, -0.25) is 15.0 Å². The van der Waals surface area contributed by atoms with Crippen molar-refractivity contribution >= 4 is 11.9 Å². The minimum absolute atomic E-state index is 0.231. The van der Waals surface area contributed by atoms with Gasteiger partial charge in [0.25, 0.3) is 0 Å². The molecule has 1 saturated carbocycles. The van der Waals surface area contributed by atoms with Gasteiger partial charge in [-0.05, 0) is 32.6 Å². The van der Waals surface area contributed by atoms with Gasteiger partial charge in [-0.1, -0.05) is 12.8 Å². The highest BCUT2D eigenvalue weighted by atomic mass is 16.2. The molecule has 6 heteroatoms. The van der Waals surface area contributed by atoms with Crippen LogP contribution in [0, 0.1) is 0 Å². The van der Waals surface area contributed by atoms with E-state index in [0.717, 1.165) is 45.1 Å². The minimum Gasteiger partial charge on any atom is -0.335 e. The number of piperidine rings is 1. The van der Waals surface area contributed by atoms with Crippen LogP contribution in [-0.4, -0.2) is 48.1 Å². The van der Waals surface area contributed by atoms with Crippen molar-refractivity contribution in [1.82, 2.24) is 15.5 Å². The summed E-state index contributed by atoms with van der Waals surface area (Å²) in [7, 11) is 0. The van der Waals surface area contributed by atoms with Crippen LogP contribution < -0.4 is 16.4 Å². The number of nitrogens with one attached hydrogen (secondary N) is 2. The number of urea groups is 1. The van der Waals surface area contributed by atoms with Crippen LogP contribution in [0.25, 0.3) is 0 Å². The van der Waals surface area contributed by atoms with Crippen LogP contribution in [0.2, 0.25) is 0 Å². The molecule has 2 rings (SSSR count). The van der Waals surface area contributed by atoms with Gasteiger partial charge in [0.1, 0.15) is 0 Å². The summed E-state index contributed by atoms with van der Waals surface area (Å²) in [5.41, 5.74) is 5.90. The van der Waals surface area contributed by atoms with E-state index in [9.17, 15) is 9.59 Å². The molecule has 2 atom stereocenters. The molecule has 0 radical (unpaired) electrons. The van der Waals surface area contributed by atoms with E-state index in [-0.39, 0.29) is 30.6 Å². The van der Waals surface area contributed by atoms with Gasteiger partial charge in [0.15, 0.2) is 0 Å². The van der Waals surface area contributed by atoms with Gasteiger partial charge in [0.05, 0.1) is 6.54 Å². The van der Waals surface area contributed by atoms with E-state index in [2.05, 4.69) is 22.5 Å². The lowest BCUT2D eigenvalue weighted by Gasteiger charge is -2.35. The third-order valence-corrected chi connectivity index (χ3v) is 4.34. The molecule has 6 nitrogen and oxygen atoms in total. The molecule has 0 spiro atoms. The van der Waals surface area contributed by atoms with Crippen molar-refractivity contribution in [2.75, 3.05) is 13.1 Å². The van der Waals surface area contributed by atoms with Gasteiger partial charge in [0, 0.05) is 24.7 Å². The standard InChI is InChI=1S/C14H26N4O2/c1-10-8-11(15)6-7-18(10)9-13(19)17-14(20)16-12-4-2-3-5-12/h10-12H,2-9,15H2,1H3,(H2,16,17,19,20). The fourth-order valence-electron chi connectivity index (χ4n) is 3.13. The smallest absolute Gasteiger partial charge is 0.321 e. The monoisotopic (exact) mass is 282 g/mol. The molecule has 3 amide bonds. The van der Waals surface area contributed by atoms with E-state index in [1.807, 2.05) is 0 Å². The highest BCUT2D eigenvalue weighted by Gasteiger charge is 2.25. The Bertz CT molecular complexity index is 355. The molecule has 0 aromatic carbocycles. The number of imide groups is 1. The quantitative estimate of drug-likeness (QED) is 0.706. The van der Waals surface area contributed by atoms with E-state index in [4.69, 9.17) is 5.73 Å². The maximum Gasteiger partial charge on any atom is 0.321 e. The Morgan fingerprint density at radius 3 is 2.60 bits per heavy atom. The van der Waals surface area contributed by atoms with Crippen molar-refractivity contribution in [2.24, 2.45) is 5.73 Å². The average Bonchev–Trinajstić information content (AvgIpc) is 2.85. The number of hydrogen-bond donors (Lipinski definition) is 3. The van der Waals surface area contributed by atoms with Gasteiger partial charge in [-0.15, -0.1) is 0 Å². The second-order valence-electron chi connectivity index (χ2n) is 6.11. The molecule has 2 unspecified atom stereocenters. The van der Waals surface area contributed by atoms with E-state index in [1.165, 1.54) is 0 Å². The highest BCUT2D eigenvalue weighted by molar-refractivity contribution is 5.95.